The fourth-order valence-corrected chi connectivity index (χ4v) is 1.68. The molecule has 0 spiro atoms. The molecule has 1 aliphatic heterocycles. The summed E-state index contributed by atoms with van der Waals surface area (Å²) in [6, 6.07) is -2.24. The first-order valence-corrected chi connectivity index (χ1v) is 5.81. The van der Waals surface area contributed by atoms with Gasteiger partial charge >= 0.3 is 113 Å². The number of Topliss-reactive ketones (excluding diaryl/α,β-unsaturated/α-hetero) is 1. The average Bonchev–Trinajstić information content (AvgIpc) is 3.11. The second-order valence-electron chi connectivity index (χ2n) is 4.45. The molecule has 0 aromatic heterocycles. The van der Waals surface area contributed by atoms with E-state index in [1.54, 1.807) is 25.5 Å². The second kappa shape index (κ2) is 6.65. The van der Waals surface area contributed by atoms with Crippen LogP contribution in [0.1, 0.15) is 20.3 Å². The number of ketones is 1. The molecule has 0 bridgehead atoms. The molecule has 0 aromatic rings. The maximum atomic E-state index is 12.1. The van der Waals surface area contributed by atoms with Crippen LogP contribution in [0.5, 0.6) is 0 Å². The zero-order valence-electron chi connectivity index (χ0n) is 10.8. The van der Waals surface area contributed by atoms with Crippen molar-refractivity contribution in [3.05, 3.63) is 0 Å². The number of hydrogen-bond donors (Lipinski definition) is 3. The third-order valence-corrected chi connectivity index (χ3v) is 2.75. The second-order valence-corrected chi connectivity index (χ2v) is 4.45. The van der Waals surface area contributed by atoms with Crippen LogP contribution >= 0.6 is 0 Å². The fourth-order valence-electron chi connectivity index (χ4n) is 1.68. The summed E-state index contributed by atoms with van der Waals surface area (Å²) >= 11 is 0. The van der Waals surface area contributed by atoms with Crippen molar-refractivity contribution in [2.75, 3.05) is 0 Å². The topological polar surface area (TPSA) is 98.5 Å². The third-order valence-electron chi connectivity index (χ3n) is 2.75. The Bertz CT molecular complexity index is 412. The zero-order valence-corrected chi connectivity index (χ0v) is 10.8. The van der Waals surface area contributed by atoms with Gasteiger partial charge in [0.1, 0.15) is 0 Å². The Morgan fingerprint density at radius 3 is 2.32 bits per heavy atom. The van der Waals surface area contributed by atoms with E-state index in [1.165, 1.54) is 6.92 Å². The van der Waals surface area contributed by atoms with Gasteiger partial charge in [0, 0.05) is 0 Å². The number of carbonyl (C=O) groups excluding carboxylic acids is 2. The molecule has 19 heavy (non-hydrogen) atoms. The Morgan fingerprint density at radius 2 is 1.95 bits per heavy atom. The van der Waals surface area contributed by atoms with Crippen molar-refractivity contribution in [3.8, 4) is 0 Å². The van der Waals surface area contributed by atoms with Crippen molar-refractivity contribution < 1.29 is 19.5 Å². The van der Waals surface area contributed by atoms with Gasteiger partial charge in [-0.1, -0.05) is 0 Å². The molecule has 7 nitrogen and oxygen atoms in total. The van der Waals surface area contributed by atoms with E-state index in [0.717, 1.165) is 0 Å². The number of carboxylic acids is 1. The number of carboxylic acid groups (broad SMARTS) is 1. The Kier molecular flexibility index (Phi) is 5.47. The van der Waals surface area contributed by atoms with E-state index in [2.05, 4.69) is 10.5 Å². The summed E-state index contributed by atoms with van der Waals surface area (Å²) < 4.78 is 1.62. The number of amides is 1. The monoisotopic (exact) mass is 261 g/mol. The zero-order chi connectivity index (χ0) is 14.6. The number of nitrogens with one attached hydrogen (secondary N) is 2. The fraction of sp³-hybridized carbons (Fsp3) is 0.667. The van der Waals surface area contributed by atoms with Gasteiger partial charge in [0.2, 0.25) is 0 Å². The number of hydrogen-bond acceptors (Lipinski definition) is 5. The van der Waals surface area contributed by atoms with Crippen molar-refractivity contribution in [1.29, 1.82) is 0 Å². The first-order valence-electron chi connectivity index (χ1n) is 5.81. The Balaban J connectivity index is 2.68. The summed E-state index contributed by atoms with van der Waals surface area (Å²) in [6.45, 7) is 6.33. The van der Waals surface area contributed by atoms with Crippen LogP contribution in [-0.4, -0.2) is 67.5 Å². The first kappa shape index (κ1) is 15.6. The van der Waals surface area contributed by atoms with Crippen molar-refractivity contribution in [2.24, 2.45) is 0 Å². The van der Waals surface area contributed by atoms with E-state index in [9.17, 15) is 14.4 Å². The van der Waals surface area contributed by atoms with Gasteiger partial charge in [0.05, 0.1) is 0 Å². The predicted molar refractivity (Wildman–Crippen MR) is 70.4 cm³/mol. The summed E-state index contributed by atoms with van der Waals surface area (Å²) in [5.74, 6) is -2.04. The van der Waals surface area contributed by atoms with E-state index in [4.69, 9.17) is 13.1 Å². The van der Waals surface area contributed by atoms with Gasteiger partial charge in [-0.15, -0.1) is 0 Å². The van der Waals surface area contributed by atoms with Crippen molar-refractivity contribution in [3.63, 3.8) is 0 Å². The summed E-state index contributed by atoms with van der Waals surface area (Å²) in [5, 5.41) is 13.8. The van der Waals surface area contributed by atoms with Crippen LogP contribution in [0.25, 0.3) is 0 Å². The molecule has 1 heterocycles. The summed E-state index contributed by atoms with van der Waals surface area (Å²) in [4.78, 5) is 34.0. The van der Waals surface area contributed by atoms with Gasteiger partial charge in [-0.3, -0.25) is 0 Å². The molecule has 0 aromatic carbocycles. The van der Waals surface area contributed by atoms with Crippen molar-refractivity contribution >= 4 is 39.5 Å². The van der Waals surface area contributed by atoms with Crippen LogP contribution in [0.4, 0.5) is 0 Å². The van der Waals surface area contributed by atoms with E-state index in [-0.39, 0.29) is 18.2 Å². The Morgan fingerprint density at radius 1 is 1.37 bits per heavy atom. The van der Waals surface area contributed by atoms with Gasteiger partial charge in [-0.25, -0.2) is 0 Å². The quantitative estimate of drug-likeness (QED) is 0.415. The molecule has 1 aliphatic rings. The van der Waals surface area contributed by atoms with Crippen LogP contribution in [-0.2, 0) is 14.4 Å². The molecule has 3 N–H and O–H groups in total. The minimum atomic E-state index is -1.24. The van der Waals surface area contributed by atoms with Gasteiger partial charge in [0.15, 0.2) is 0 Å². The molecule has 0 fully saturated rings. The summed E-state index contributed by atoms with van der Waals surface area (Å²) in [7, 11) is 5.29. The molecule has 10 heteroatoms. The molecule has 0 unspecified atom stereocenters. The Hall–Kier alpha value is -1.44. The summed E-state index contributed by atoms with van der Waals surface area (Å²) in [6.07, 6.45) is -0.244. The minimum absolute atomic E-state index is 0.244. The molecular formula is C9H14B3N3O4. The average molecular weight is 261 g/mol. The SMILES string of the molecule is [B]N[C@@H](C)[C@@H](C(=O)N[C@@H](CC(C)=O)C(=O)O)N1B=B1. The Labute approximate surface area is 113 Å². The molecule has 0 saturated carbocycles. The van der Waals surface area contributed by atoms with Gasteiger partial charge in [-0.2, -0.15) is 0 Å². The standard InChI is InChI=1S/C9H14B3N3O4/c1-4(16)3-6(9(18)19)13-8(17)7(5(2)14-10)15-11-12-15/h5-7,14H,3H2,1-2H3,(H,13,17)(H,18,19)/t5-,6-,7-/m0/s1. The van der Waals surface area contributed by atoms with Crippen LogP contribution in [0, 0.1) is 0 Å². The molecule has 1 rings (SSSR count). The molecule has 98 valence electrons. The number of carbonyl (C=O) groups is 3. The van der Waals surface area contributed by atoms with Crippen LogP contribution in [0.15, 0.2) is 0 Å². The maximum absolute atomic E-state index is 12.1. The normalized spacial score (nSPS) is 16.6. The molecule has 0 aliphatic carbocycles. The van der Waals surface area contributed by atoms with Crippen molar-refractivity contribution in [2.45, 2.75) is 38.4 Å². The number of aliphatic carboxylic acids is 1. The van der Waals surface area contributed by atoms with Crippen molar-refractivity contribution in [1.82, 2.24) is 15.3 Å². The first-order chi connectivity index (χ1) is 8.86. The van der Waals surface area contributed by atoms with Gasteiger partial charge in [0.25, 0.3) is 0 Å². The van der Waals surface area contributed by atoms with E-state index in [1.807, 2.05) is 0 Å². The summed E-state index contributed by atoms with van der Waals surface area (Å²) in [5.41, 5.74) is 0. The predicted octanol–water partition coefficient (Wildman–Crippen LogP) is -2.57. The van der Waals surface area contributed by atoms with E-state index >= 15 is 0 Å². The van der Waals surface area contributed by atoms with Crippen LogP contribution in [0.3, 0.4) is 0 Å². The van der Waals surface area contributed by atoms with E-state index < -0.39 is 24.0 Å². The third kappa shape index (κ3) is 4.62. The molecule has 3 atom stereocenters. The molecule has 0 saturated heterocycles. The van der Waals surface area contributed by atoms with Crippen LogP contribution in [0.2, 0.25) is 0 Å². The molecular weight excluding hydrogens is 247 g/mol. The van der Waals surface area contributed by atoms with E-state index in [0.29, 0.717) is 0 Å². The molecule has 1 amide bonds. The number of rotatable bonds is 8. The van der Waals surface area contributed by atoms with Gasteiger partial charge in [-0.05, 0) is 0 Å². The number of nitrogens with zero attached hydrogens (tertiary/aromatic N) is 1. The van der Waals surface area contributed by atoms with Gasteiger partial charge < -0.3 is 0 Å². The molecule has 2 radical (unpaired) electrons. The van der Waals surface area contributed by atoms with Crippen LogP contribution < -0.4 is 10.5 Å².